The molecule has 100 valence electrons. The van der Waals surface area contributed by atoms with E-state index in [1.165, 1.54) is 0 Å². The molecule has 0 amide bonds. The van der Waals surface area contributed by atoms with E-state index in [1.807, 2.05) is 31.2 Å². The Labute approximate surface area is 112 Å². The second kappa shape index (κ2) is 6.04. The highest BCUT2D eigenvalue weighted by Crippen LogP contribution is 2.29. The number of nitrogens with zero attached hydrogens (tertiary/aromatic N) is 2. The maximum atomic E-state index is 5.26. The summed E-state index contributed by atoms with van der Waals surface area (Å²) in [4.78, 5) is 8.40. The number of methoxy groups -OCH3 is 2. The van der Waals surface area contributed by atoms with Crippen LogP contribution in [0.3, 0.4) is 0 Å². The molecule has 1 N–H and O–H groups in total. The predicted octanol–water partition coefficient (Wildman–Crippen LogP) is 2.41. The van der Waals surface area contributed by atoms with E-state index in [2.05, 4.69) is 15.3 Å². The zero-order valence-corrected chi connectivity index (χ0v) is 11.3. The fraction of sp³-hybridized carbons (Fsp3) is 0.286. The molecular formula is C14H17N3O2. The SMILES string of the molecule is COc1ccc(NCc2ccnc(C)n2)cc1OC. The van der Waals surface area contributed by atoms with Crippen LogP contribution in [0.15, 0.2) is 30.5 Å². The van der Waals surface area contributed by atoms with E-state index in [1.54, 1.807) is 20.4 Å². The minimum atomic E-state index is 0.638. The van der Waals surface area contributed by atoms with E-state index in [9.17, 15) is 0 Å². The summed E-state index contributed by atoms with van der Waals surface area (Å²) in [5.74, 6) is 2.18. The van der Waals surface area contributed by atoms with Crippen molar-refractivity contribution < 1.29 is 9.47 Å². The lowest BCUT2D eigenvalue weighted by atomic mass is 10.2. The second-order valence-electron chi connectivity index (χ2n) is 4.02. The molecule has 0 aliphatic carbocycles. The Morgan fingerprint density at radius 2 is 1.89 bits per heavy atom. The van der Waals surface area contributed by atoms with Gasteiger partial charge in [0.2, 0.25) is 0 Å². The van der Waals surface area contributed by atoms with Crippen LogP contribution in [0.2, 0.25) is 0 Å². The van der Waals surface area contributed by atoms with E-state index in [0.717, 1.165) is 17.2 Å². The Kier molecular flexibility index (Phi) is 4.18. The molecule has 0 unspecified atom stereocenters. The average molecular weight is 259 g/mol. The third-order valence-electron chi connectivity index (χ3n) is 2.69. The molecule has 0 aliphatic rings. The van der Waals surface area contributed by atoms with Gasteiger partial charge in [0, 0.05) is 18.0 Å². The maximum absolute atomic E-state index is 5.26. The van der Waals surface area contributed by atoms with Gasteiger partial charge in [-0.25, -0.2) is 9.97 Å². The number of aromatic nitrogens is 2. The van der Waals surface area contributed by atoms with Gasteiger partial charge in [0.05, 0.1) is 26.5 Å². The van der Waals surface area contributed by atoms with Crippen LogP contribution in [-0.2, 0) is 6.54 Å². The Hall–Kier alpha value is -2.30. The van der Waals surface area contributed by atoms with Crippen molar-refractivity contribution in [2.24, 2.45) is 0 Å². The second-order valence-corrected chi connectivity index (χ2v) is 4.02. The van der Waals surface area contributed by atoms with E-state index in [4.69, 9.17) is 9.47 Å². The lowest BCUT2D eigenvalue weighted by Gasteiger charge is -2.11. The minimum Gasteiger partial charge on any atom is -0.493 e. The molecular weight excluding hydrogens is 242 g/mol. The molecule has 0 saturated heterocycles. The zero-order valence-electron chi connectivity index (χ0n) is 11.3. The summed E-state index contributed by atoms with van der Waals surface area (Å²) in [7, 11) is 3.24. The van der Waals surface area contributed by atoms with Crippen molar-refractivity contribution in [1.82, 2.24) is 9.97 Å². The molecule has 0 aliphatic heterocycles. The zero-order chi connectivity index (χ0) is 13.7. The van der Waals surface area contributed by atoms with E-state index in [0.29, 0.717) is 18.0 Å². The Morgan fingerprint density at radius 3 is 2.58 bits per heavy atom. The summed E-state index contributed by atoms with van der Waals surface area (Å²) < 4.78 is 10.5. The first-order chi connectivity index (χ1) is 9.22. The standard InChI is InChI=1S/C14H17N3O2/c1-10-15-7-6-12(17-10)9-16-11-4-5-13(18-2)14(8-11)19-3/h4-8,16H,9H2,1-3H3. The predicted molar refractivity (Wildman–Crippen MR) is 73.6 cm³/mol. The molecule has 0 fully saturated rings. The summed E-state index contributed by atoms with van der Waals surface area (Å²) in [5.41, 5.74) is 1.90. The average Bonchev–Trinajstić information content (AvgIpc) is 2.45. The lowest BCUT2D eigenvalue weighted by molar-refractivity contribution is 0.355. The minimum absolute atomic E-state index is 0.638. The van der Waals surface area contributed by atoms with Gasteiger partial charge in [-0.2, -0.15) is 0 Å². The van der Waals surface area contributed by atoms with Gasteiger partial charge in [-0.05, 0) is 25.1 Å². The molecule has 2 rings (SSSR count). The normalized spacial score (nSPS) is 10.1. The van der Waals surface area contributed by atoms with Gasteiger partial charge >= 0.3 is 0 Å². The molecule has 0 saturated carbocycles. The van der Waals surface area contributed by atoms with Crippen molar-refractivity contribution in [2.45, 2.75) is 13.5 Å². The van der Waals surface area contributed by atoms with Crippen molar-refractivity contribution in [3.63, 3.8) is 0 Å². The molecule has 0 spiro atoms. The monoisotopic (exact) mass is 259 g/mol. The van der Waals surface area contributed by atoms with Gasteiger partial charge in [0.15, 0.2) is 11.5 Å². The summed E-state index contributed by atoms with van der Waals surface area (Å²) in [6.07, 6.45) is 1.76. The Balaban J connectivity index is 2.07. The maximum Gasteiger partial charge on any atom is 0.162 e. The molecule has 0 radical (unpaired) electrons. The van der Waals surface area contributed by atoms with Crippen LogP contribution in [0.4, 0.5) is 5.69 Å². The number of aryl methyl sites for hydroxylation is 1. The lowest BCUT2D eigenvalue weighted by Crippen LogP contribution is -2.03. The molecule has 2 aromatic rings. The number of anilines is 1. The number of hydrogen-bond donors (Lipinski definition) is 1. The number of rotatable bonds is 5. The van der Waals surface area contributed by atoms with Crippen molar-refractivity contribution >= 4 is 5.69 Å². The third kappa shape index (κ3) is 3.34. The first-order valence-electron chi connectivity index (χ1n) is 5.97. The number of benzene rings is 1. The molecule has 1 aromatic heterocycles. The number of nitrogens with one attached hydrogen (secondary N) is 1. The van der Waals surface area contributed by atoms with E-state index in [-0.39, 0.29) is 0 Å². The quantitative estimate of drug-likeness (QED) is 0.893. The molecule has 1 heterocycles. The van der Waals surface area contributed by atoms with Crippen LogP contribution in [0.1, 0.15) is 11.5 Å². The van der Waals surface area contributed by atoms with Crippen LogP contribution >= 0.6 is 0 Å². The summed E-state index contributed by atoms with van der Waals surface area (Å²) >= 11 is 0. The van der Waals surface area contributed by atoms with Crippen LogP contribution in [-0.4, -0.2) is 24.2 Å². The highest BCUT2D eigenvalue weighted by Gasteiger charge is 2.04. The fourth-order valence-electron chi connectivity index (χ4n) is 1.74. The molecule has 5 heteroatoms. The van der Waals surface area contributed by atoms with Gasteiger partial charge < -0.3 is 14.8 Å². The van der Waals surface area contributed by atoms with Crippen LogP contribution in [0.25, 0.3) is 0 Å². The van der Waals surface area contributed by atoms with Crippen molar-refractivity contribution in [3.05, 3.63) is 42.0 Å². The number of hydrogen-bond acceptors (Lipinski definition) is 5. The summed E-state index contributed by atoms with van der Waals surface area (Å²) in [6.45, 7) is 2.51. The molecule has 1 aromatic carbocycles. The largest absolute Gasteiger partial charge is 0.493 e. The highest BCUT2D eigenvalue weighted by molar-refractivity contribution is 5.54. The van der Waals surface area contributed by atoms with Crippen molar-refractivity contribution in [3.8, 4) is 11.5 Å². The van der Waals surface area contributed by atoms with Gasteiger partial charge in [-0.3, -0.25) is 0 Å². The van der Waals surface area contributed by atoms with Crippen molar-refractivity contribution in [2.75, 3.05) is 19.5 Å². The van der Waals surface area contributed by atoms with E-state index >= 15 is 0 Å². The van der Waals surface area contributed by atoms with Gasteiger partial charge in [0.1, 0.15) is 5.82 Å². The van der Waals surface area contributed by atoms with Gasteiger partial charge in [0.25, 0.3) is 0 Å². The fourth-order valence-corrected chi connectivity index (χ4v) is 1.74. The molecule has 19 heavy (non-hydrogen) atoms. The first kappa shape index (κ1) is 13.1. The Bertz CT molecular complexity index is 558. The van der Waals surface area contributed by atoms with E-state index < -0.39 is 0 Å². The topological polar surface area (TPSA) is 56.3 Å². The van der Waals surface area contributed by atoms with Crippen LogP contribution in [0, 0.1) is 6.92 Å². The highest BCUT2D eigenvalue weighted by atomic mass is 16.5. The third-order valence-corrected chi connectivity index (χ3v) is 2.69. The van der Waals surface area contributed by atoms with Crippen molar-refractivity contribution in [1.29, 1.82) is 0 Å². The molecule has 0 atom stereocenters. The molecule has 0 bridgehead atoms. The first-order valence-corrected chi connectivity index (χ1v) is 5.97. The van der Waals surface area contributed by atoms with Gasteiger partial charge in [-0.15, -0.1) is 0 Å². The van der Waals surface area contributed by atoms with Crippen LogP contribution in [0.5, 0.6) is 11.5 Å². The summed E-state index contributed by atoms with van der Waals surface area (Å²) in [5, 5.41) is 3.29. The van der Waals surface area contributed by atoms with Crippen LogP contribution < -0.4 is 14.8 Å². The summed E-state index contributed by atoms with van der Waals surface area (Å²) in [6, 6.07) is 7.59. The molecule has 5 nitrogen and oxygen atoms in total. The Morgan fingerprint density at radius 1 is 1.11 bits per heavy atom. The smallest absolute Gasteiger partial charge is 0.162 e. The number of ether oxygens (including phenoxy) is 2. The van der Waals surface area contributed by atoms with Gasteiger partial charge in [-0.1, -0.05) is 0 Å².